The van der Waals surface area contributed by atoms with Gasteiger partial charge in [-0.1, -0.05) is 0 Å². The molecule has 7 heteroatoms. The minimum Gasteiger partial charge on any atom is -0.547 e. The van der Waals surface area contributed by atoms with Crippen molar-refractivity contribution in [2.24, 2.45) is 0 Å². The first-order valence-corrected chi connectivity index (χ1v) is 7.09. The first-order chi connectivity index (χ1) is 9.22. The van der Waals surface area contributed by atoms with E-state index in [1.165, 1.54) is 0 Å². The van der Waals surface area contributed by atoms with Crippen molar-refractivity contribution in [2.75, 3.05) is 13.1 Å². The van der Waals surface area contributed by atoms with Gasteiger partial charge in [-0.05, 0) is 46.5 Å². The summed E-state index contributed by atoms with van der Waals surface area (Å²) in [7, 11) is 0. The second-order valence-electron chi connectivity index (χ2n) is 6.59. The predicted molar refractivity (Wildman–Crippen MR) is 68.9 cm³/mol. The number of carboxylic acids is 1. The van der Waals surface area contributed by atoms with Gasteiger partial charge in [0.2, 0.25) is 0 Å². The Balaban J connectivity index is 0.00000220. The van der Waals surface area contributed by atoms with Gasteiger partial charge in [-0.25, -0.2) is 4.79 Å². The molecule has 21 heavy (non-hydrogen) atoms. The van der Waals surface area contributed by atoms with Crippen LogP contribution in [0.5, 0.6) is 0 Å². The minimum atomic E-state index is -1.14. The van der Waals surface area contributed by atoms with Crippen LogP contribution in [0, 0.1) is 0 Å². The van der Waals surface area contributed by atoms with Crippen molar-refractivity contribution < 1.29 is 53.7 Å². The molecule has 6 nitrogen and oxygen atoms in total. The molecule has 0 N–H and O–H groups in total. The van der Waals surface area contributed by atoms with Gasteiger partial charge < -0.3 is 24.3 Å². The molecular weight excluding hydrogens is 285 g/mol. The summed E-state index contributed by atoms with van der Waals surface area (Å²) in [5.74, 6) is -1.14. The van der Waals surface area contributed by atoms with Crippen LogP contribution in [-0.2, 0) is 14.3 Å². The molecule has 0 radical (unpaired) electrons. The van der Waals surface area contributed by atoms with E-state index in [9.17, 15) is 14.7 Å². The average molecular weight is 307 g/mol. The van der Waals surface area contributed by atoms with E-state index in [0.717, 1.165) is 6.42 Å². The molecule has 0 aromatic rings. The first-order valence-electron chi connectivity index (χ1n) is 7.09. The quantitative estimate of drug-likeness (QED) is 0.547. The Labute approximate surface area is 147 Å². The van der Waals surface area contributed by atoms with E-state index >= 15 is 0 Å². The topological polar surface area (TPSA) is 78.9 Å². The van der Waals surface area contributed by atoms with Crippen LogP contribution in [0.1, 0.15) is 46.5 Å². The molecule has 0 spiro atoms. The second-order valence-corrected chi connectivity index (χ2v) is 6.59. The number of carboxylic acid groups (broad SMARTS) is 1. The van der Waals surface area contributed by atoms with Crippen molar-refractivity contribution in [3.8, 4) is 0 Å². The van der Waals surface area contributed by atoms with Crippen LogP contribution in [-0.4, -0.2) is 47.4 Å². The van der Waals surface area contributed by atoms with E-state index < -0.39 is 17.2 Å². The maximum absolute atomic E-state index is 11.9. The standard InChI is InChI=1S/C14H23NO5.Na/c1-13(2,3)20-12(18)15-8-5-10(9-15)19-14(11(16)17)6-4-7-14;/h10H,4-9H2,1-3H3,(H,16,17);/q;+1/p-1/t10-;/m1./s1. The van der Waals surface area contributed by atoms with Gasteiger partial charge in [0, 0.05) is 6.54 Å². The summed E-state index contributed by atoms with van der Waals surface area (Å²) in [5, 5.41) is 11.2. The molecule has 0 bridgehead atoms. The summed E-state index contributed by atoms with van der Waals surface area (Å²) in [6, 6.07) is 0. The number of likely N-dealkylation sites (tertiary alicyclic amines) is 1. The molecular formula is C14H22NNaO5. The van der Waals surface area contributed by atoms with Crippen LogP contribution in [0.4, 0.5) is 4.79 Å². The monoisotopic (exact) mass is 307 g/mol. The molecule has 1 amide bonds. The van der Waals surface area contributed by atoms with E-state index in [4.69, 9.17) is 9.47 Å². The number of carbonyl (C=O) groups excluding carboxylic acids is 2. The molecule has 1 saturated heterocycles. The van der Waals surface area contributed by atoms with Gasteiger partial charge in [0.1, 0.15) is 11.2 Å². The Morgan fingerprint density at radius 1 is 1.29 bits per heavy atom. The summed E-state index contributed by atoms with van der Waals surface area (Å²) in [5.41, 5.74) is -1.66. The van der Waals surface area contributed by atoms with Crippen molar-refractivity contribution in [2.45, 2.75) is 63.8 Å². The number of carbonyl (C=O) groups is 2. The smallest absolute Gasteiger partial charge is 0.547 e. The fourth-order valence-electron chi connectivity index (χ4n) is 2.50. The predicted octanol–water partition coefficient (Wildman–Crippen LogP) is -2.31. The fourth-order valence-corrected chi connectivity index (χ4v) is 2.50. The molecule has 2 aliphatic rings. The van der Waals surface area contributed by atoms with Crippen LogP contribution in [0.15, 0.2) is 0 Å². The molecule has 0 aromatic carbocycles. The molecule has 2 fully saturated rings. The Morgan fingerprint density at radius 2 is 1.90 bits per heavy atom. The largest absolute Gasteiger partial charge is 1.00 e. The number of ether oxygens (including phenoxy) is 2. The zero-order chi connectivity index (χ0) is 15.0. The normalized spacial score (nSPS) is 24.0. The number of nitrogens with zero attached hydrogens (tertiary/aromatic N) is 1. The third-order valence-electron chi connectivity index (χ3n) is 3.72. The minimum absolute atomic E-state index is 0. The van der Waals surface area contributed by atoms with Gasteiger partial charge in [-0.2, -0.15) is 0 Å². The Morgan fingerprint density at radius 3 is 2.33 bits per heavy atom. The van der Waals surface area contributed by atoms with Crippen molar-refractivity contribution in [1.29, 1.82) is 0 Å². The van der Waals surface area contributed by atoms with Gasteiger partial charge in [-0.15, -0.1) is 0 Å². The average Bonchev–Trinajstić information content (AvgIpc) is 2.68. The number of amides is 1. The van der Waals surface area contributed by atoms with Crippen molar-refractivity contribution in [3.63, 3.8) is 0 Å². The van der Waals surface area contributed by atoms with Crippen molar-refractivity contribution in [1.82, 2.24) is 4.90 Å². The van der Waals surface area contributed by atoms with Crippen LogP contribution >= 0.6 is 0 Å². The first kappa shape index (κ1) is 18.7. The summed E-state index contributed by atoms with van der Waals surface area (Å²) in [6.07, 6.45) is 1.85. The maximum Gasteiger partial charge on any atom is 1.00 e. The summed E-state index contributed by atoms with van der Waals surface area (Å²) >= 11 is 0. The van der Waals surface area contributed by atoms with Crippen molar-refractivity contribution in [3.05, 3.63) is 0 Å². The van der Waals surface area contributed by atoms with E-state index in [2.05, 4.69) is 0 Å². The summed E-state index contributed by atoms with van der Waals surface area (Å²) < 4.78 is 11.0. The number of aliphatic carboxylic acids is 1. The molecule has 0 unspecified atom stereocenters. The van der Waals surface area contributed by atoms with E-state index in [0.29, 0.717) is 32.4 Å². The van der Waals surface area contributed by atoms with Crippen LogP contribution in [0.2, 0.25) is 0 Å². The van der Waals surface area contributed by atoms with E-state index in [1.54, 1.807) is 4.90 Å². The molecule has 1 heterocycles. The molecule has 2 rings (SSSR count). The Hall–Kier alpha value is -0.300. The summed E-state index contributed by atoms with van der Waals surface area (Å²) in [6.45, 7) is 6.35. The number of hydrogen-bond donors (Lipinski definition) is 0. The van der Waals surface area contributed by atoms with Crippen LogP contribution in [0.25, 0.3) is 0 Å². The molecule has 1 aliphatic heterocycles. The Bertz CT molecular complexity index is 403. The molecule has 0 aromatic heterocycles. The van der Waals surface area contributed by atoms with Crippen LogP contribution in [0.3, 0.4) is 0 Å². The third-order valence-corrected chi connectivity index (χ3v) is 3.72. The van der Waals surface area contributed by atoms with Crippen molar-refractivity contribution >= 4 is 12.1 Å². The van der Waals surface area contributed by atoms with Crippen LogP contribution < -0.4 is 34.7 Å². The SMILES string of the molecule is CC(C)(C)OC(=O)N1CC[C@@H](OC2(C(=O)[O-])CCC2)C1.[Na+]. The van der Waals surface area contributed by atoms with E-state index in [1.807, 2.05) is 20.8 Å². The molecule has 1 saturated carbocycles. The summed E-state index contributed by atoms with van der Waals surface area (Å²) in [4.78, 5) is 24.6. The van der Waals surface area contributed by atoms with Gasteiger partial charge >= 0.3 is 35.7 Å². The van der Waals surface area contributed by atoms with E-state index in [-0.39, 0.29) is 41.8 Å². The Kier molecular flexibility index (Phi) is 6.12. The van der Waals surface area contributed by atoms with Gasteiger partial charge in [0.15, 0.2) is 0 Å². The zero-order valence-electron chi connectivity index (χ0n) is 13.3. The maximum atomic E-state index is 11.9. The fraction of sp³-hybridized carbons (Fsp3) is 0.857. The zero-order valence-corrected chi connectivity index (χ0v) is 15.3. The van der Waals surface area contributed by atoms with Gasteiger partial charge in [-0.3, -0.25) is 0 Å². The second kappa shape index (κ2) is 6.86. The molecule has 1 aliphatic carbocycles. The number of hydrogen-bond acceptors (Lipinski definition) is 5. The molecule has 1 atom stereocenters. The third kappa shape index (κ3) is 4.58. The van der Waals surface area contributed by atoms with Gasteiger partial charge in [0.25, 0.3) is 0 Å². The number of rotatable bonds is 3. The van der Waals surface area contributed by atoms with Gasteiger partial charge in [0.05, 0.1) is 18.6 Å². The molecule has 114 valence electrons.